The lowest BCUT2D eigenvalue weighted by Gasteiger charge is -2.09. The summed E-state index contributed by atoms with van der Waals surface area (Å²) in [6.07, 6.45) is 3.23. The van der Waals surface area contributed by atoms with E-state index in [9.17, 15) is 4.79 Å². The van der Waals surface area contributed by atoms with Gasteiger partial charge in [0.2, 0.25) is 0 Å². The summed E-state index contributed by atoms with van der Waals surface area (Å²) < 4.78 is 0.910. The Hall–Kier alpha value is -2.66. The second-order valence-corrected chi connectivity index (χ2v) is 5.83. The van der Waals surface area contributed by atoms with Gasteiger partial charge in [-0.1, -0.05) is 40.2 Å². The van der Waals surface area contributed by atoms with Crippen LogP contribution in [0.2, 0.25) is 0 Å². The maximum atomic E-state index is 12.3. The summed E-state index contributed by atoms with van der Waals surface area (Å²) in [5, 5.41) is 6.08. The number of halogens is 1. The molecule has 1 heterocycles. The number of amides is 1. The first-order valence-electron chi connectivity index (χ1n) is 7.05. The van der Waals surface area contributed by atoms with Crippen molar-refractivity contribution in [2.75, 3.05) is 10.6 Å². The van der Waals surface area contributed by atoms with Crippen molar-refractivity contribution in [1.82, 2.24) is 4.98 Å². The fraction of sp³-hybridized carbons (Fsp3) is 0. The second kappa shape index (κ2) is 7.07. The molecule has 2 aromatic carbocycles. The van der Waals surface area contributed by atoms with Crippen LogP contribution >= 0.6 is 15.9 Å². The van der Waals surface area contributed by atoms with E-state index in [1.807, 2.05) is 54.6 Å². The van der Waals surface area contributed by atoms with E-state index in [0.29, 0.717) is 5.56 Å². The molecule has 1 amide bonds. The van der Waals surface area contributed by atoms with Crippen LogP contribution in [0.3, 0.4) is 0 Å². The third-order valence-corrected chi connectivity index (χ3v) is 3.64. The van der Waals surface area contributed by atoms with Gasteiger partial charge < -0.3 is 10.6 Å². The van der Waals surface area contributed by atoms with Gasteiger partial charge in [-0.25, -0.2) is 0 Å². The van der Waals surface area contributed by atoms with Gasteiger partial charge in [-0.05, 0) is 36.4 Å². The molecule has 5 heteroatoms. The summed E-state index contributed by atoms with van der Waals surface area (Å²) >= 11 is 3.38. The molecular weight excluding hydrogens is 354 g/mol. The molecule has 0 atom stereocenters. The Morgan fingerprint density at radius 1 is 0.870 bits per heavy atom. The molecule has 0 spiro atoms. The molecule has 0 unspecified atom stereocenters. The Bertz CT molecular complexity index is 821. The molecule has 0 aliphatic carbocycles. The number of carbonyl (C=O) groups excluding carboxylic acids is 1. The number of nitrogens with one attached hydrogen (secondary N) is 2. The van der Waals surface area contributed by atoms with Gasteiger partial charge in [0.1, 0.15) is 0 Å². The second-order valence-electron chi connectivity index (χ2n) is 4.92. The molecule has 114 valence electrons. The summed E-state index contributed by atoms with van der Waals surface area (Å²) in [4.78, 5) is 16.5. The molecule has 2 N–H and O–H groups in total. The lowest BCUT2D eigenvalue weighted by Crippen LogP contribution is -2.12. The number of para-hydroxylation sites is 1. The number of pyridine rings is 1. The first-order valence-corrected chi connectivity index (χ1v) is 7.84. The fourth-order valence-electron chi connectivity index (χ4n) is 2.09. The van der Waals surface area contributed by atoms with Crippen molar-refractivity contribution in [2.45, 2.75) is 0 Å². The van der Waals surface area contributed by atoms with Crippen molar-refractivity contribution in [3.63, 3.8) is 0 Å². The molecule has 0 fully saturated rings. The van der Waals surface area contributed by atoms with E-state index in [0.717, 1.165) is 21.5 Å². The standard InChI is InChI=1S/C18H14BrN3O/c19-14-5-4-8-16(10-14)22-18(23)13-9-17(12-20-11-13)21-15-6-2-1-3-7-15/h1-12,21H,(H,22,23). The van der Waals surface area contributed by atoms with Crippen LogP contribution < -0.4 is 10.6 Å². The lowest BCUT2D eigenvalue weighted by atomic mass is 10.2. The van der Waals surface area contributed by atoms with Crippen LogP contribution in [0.5, 0.6) is 0 Å². The maximum absolute atomic E-state index is 12.3. The summed E-state index contributed by atoms with van der Waals surface area (Å²) in [5.74, 6) is -0.202. The highest BCUT2D eigenvalue weighted by Gasteiger charge is 2.08. The van der Waals surface area contributed by atoms with Gasteiger partial charge in [-0.3, -0.25) is 9.78 Å². The average molecular weight is 368 g/mol. The Kier molecular flexibility index (Phi) is 4.68. The number of carbonyl (C=O) groups is 1. The van der Waals surface area contributed by atoms with Gasteiger partial charge in [-0.15, -0.1) is 0 Å². The highest BCUT2D eigenvalue weighted by Crippen LogP contribution is 2.19. The fourth-order valence-corrected chi connectivity index (χ4v) is 2.49. The van der Waals surface area contributed by atoms with Gasteiger partial charge in [0, 0.05) is 22.0 Å². The Morgan fingerprint density at radius 3 is 2.43 bits per heavy atom. The molecule has 0 aliphatic rings. The van der Waals surface area contributed by atoms with Crippen molar-refractivity contribution in [2.24, 2.45) is 0 Å². The van der Waals surface area contributed by atoms with E-state index in [1.165, 1.54) is 0 Å². The van der Waals surface area contributed by atoms with Crippen molar-refractivity contribution in [3.05, 3.63) is 83.1 Å². The van der Waals surface area contributed by atoms with Gasteiger partial charge in [-0.2, -0.15) is 0 Å². The summed E-state index contributed by atoms with van der Waals surface area (Å²) in [6, 6.07) is 19.0. The quantitative estimate of drug-likeness (QED) is 0.693. The lowest BCUT2D eigenvalue weighted by molar-refractivity contribution is 0.102. The van der Waals surface area contributed by atoms with E-state index in [-0.39, 0.29) is 5.91 Å². The zero-order valence-electron chi connectivity index (χ0n) is 12.2. The van der Waals surface area contributed by atoms with Gasteiger partial charge in [0.15, 0.2) is 0 Å². The van der Waals surface area contributed by atoms with Crippen LogP contribution in [-0.4, -0.2) is 10.9 Å². The number of anilines is 3. The summed E-state index contributed by atoms with van der Waals surface area (Å²) in [5.41, 5.74) is 2.92. The molecule has 4 nitrogen and oxygen atoms in total. The minimum Gasteiger partial charge on any atom is -0.354 e. The van der Waals surface area contributed by atoms with Crippen LogP contribution in [0.15, 0.2) is 77.5 Å². The molecule has 0 radical (unpaired) electrons. The normalized spacial score (nSPS) is 10.1. The minimum atomic E-state index is -0.202. The van der Waals surface area contributed by atoms with E-state index < -0.39 is 0 Å². The number of benzene rings is 2. The van der Waals surface area contributed by atoms with E-state index in [2.05, 4.69) is 31.5 Å². The van der Waals surface area contributed by atoms with Crippen LogP contribution in [-0.2, 0) is 0 Å². The zero-order valence-corrected chi connectivity index (χ0v) is 13.7. The first-order chi connectivity index (χ1) is 11.2. The van der Waals surface area contributed by atoms with Crippen molar-refractivity contribution >= 4 is 38.9 Å². The van der Waals surface area contributed by atoms with E-state index in [1.54, 1.807) is 18.5 Å². The van der Waals surface area contributed by atoms with Crippen molar-refractivity contribution in [1.29, 1.82) is 0 Å². The van der Waals surface area contributed by atoms with Crippen LogP contribution in [0.1, 0.15) is 10.4 Å². The predicted molar refractivity (Wildman–Crippen MR) is 96.1 cm³/mol. The summed E-state index contributed by atoms with van der Waals surface area (Å²) in [6.45, 7) is 0. The largest absolute Gasteiger partial charge is 0.354 e. The Morgan fingerprint density at radius 2 is 1.65 bits per heavy atom. The molecule has 0 saturated carbocycles. The molecule has 1 aromatic heterocycles. The SMILES string of the molecule is O=C(Nc1cccc(Br)c1)c1cncc(Nc2ccccc2)c1. The molecular formula is C18H14BrN3O. The summed E-state index contributed by atoms with van der Waals surface area (Å²) in [7, 11) is 0. The molecule has 23 heavy (non-hydrogen) atoms. The number of aromatic nitrogens is 1. The number of nitrogens with zero attached hydrogens (tertiary/aromatic N) is 1. The smallest absolute Gasteiger partial charge is 0.257 e. The van der Waals surface area contributed by atoms with Crippen LogP contribution in [0, 0.1) is 0 Å². The third-order valence-electron chi connectivity index (χ3n) is 3.15. The van der Waals surface area contributed by atoms with Crippen LogP contribution in [0.25, 0.3) is 0 Å². The average Bonchev–Trinajstić information content (AvgIpc) is 2.56. The predicted octanol–water partition coefficient (Wildman–Crippen LogP) is 4.84. The van der Waals surface area contributed by atoms with E-state index >= 15 is 0 Å². The van der Waals surface area contributed by atoms with Crippen molar-refractivity contribution < 1.29 is 4.79 Å². The molecule has 0 saturated heterocycles. The Labute approximate surface area is 142 Å². The van der Waals surface area contributed by atoms with E-state index in [4.69, 9.17) is 0 Å². The maximum Gasteiger partial charge on any atom is 0.257 e. The minimum absolute atomic E-state index is 0.202. The topological polar surface area (TPSA) is 54.0 Å². The van der Waals surface area contributed by atoms with Gasteiger partial charge >= 0.3 is 0 Å². The number of rotatable bonds is 4. The zero-order chi connectivity index (χ0) is 16.1. The number of hydrogen-bond acceptors (Lipinski definition) is 3. The molecule has 3 rings (SSSR count). The molecule has 0 bridgehead atoms. The van der Waals surface area contributed by atoms with Crippen LogP contribution in [0.4, 0.5) is 17.1 Å². The van der Waals surface area contributed by atoms with Crippen molar-refractivity contribution in [3.8, 4) is 0 Å². The Balaban J connectivity index is 1.75. The third kappa shape index (κ3) is 4.17. The monoisotopic (exact) mass is 367 g/mol. The number of hydrogen-bond donors (Lipinski definition) is 2. The highest BCUT2D eigenvalue weighted by molar-refractivity contribution is 9.10. The van der Waals surface area contributed by atoms with Gasteiger partial charge in [0.05, 0.1) is 17.4 Å². The van der Waals surface area contributed by atoms with Gasteiger partial charge in [0.25, 0.3) is 5.91 Å². The first kappa shape index (κ1) is 15.2. The molecule has 0 aliphatic heterocycles. The highest BCUT2D eigenvalue weighted by atomic mass is 79.9. The molecule has 3 aromatic rings.